The van der Waals surface area contributed by atoms with Crippen LogP contribution in [-0.4, -0.2) is 19.0 Å². The molecule has 1 aliphatic carbocycles. The minimum atomic E-state index is -0.108. The molecule has 3 N–H and O–H groups in total. The van der Waals surface area contributed by atoms with Crippen molar-refractivity contribution in [2.75, 3.05) is 13.1 Å². The molecule has 3 heteroatoms. The molecule has 15 heavy (non-hydrogen) atoms. The summed E-state index contributed by atoms with van der Waals surface area (Å²) in [5.41, 5.74) is 5.30. The average Bonchev–Trinajstić information content (AvgIpc) is 2.18. The van der Waals surface area contributed by atoms with Crippen molar-refractivity contribution in [3.05, 3.63) is 0 Å². The van der Waals surface area contributed by atoms with Crippen LogP contribution in [0.2, 0.25) is 0 Å². The third kappa shape index (κ3) is 4.65. The van der Waals surface area contributed by atoms with Gasteiger partial charge in [0.15, 0.2) is 0 Å². The van der Waals surface area contributed by atoms with Crippen LogP contribution in [0.3, 0.4) is 0 Å². The summed E-state index contributed by atoms with van der Waals surface area (Å²) in [5, 5.41) is 3.48. The van der Waals surface area contributed by atoms with Crippen LogP contribution in [0.15, 0.2) is 0 Å². The maximum Gasteiger partial charge on any atom is 0.220 e. The number of hydrogen-bond acceptors (Lipinski definition) is 2. The largest absolute Gasteiger partial charge is 0.369 e. The topological polar surface area (TPSA) is 55.1 Å². The van der Waals surface area contributed by atoms with Gasteiger partial charge in [0.2, 0.25) is 5.91 Å². The van der Waals surface area contributed by atoms with Crippen molar-refractivity contribution in [1.82, 2.24) is 5.32 Å². The van der Waals surface area contributed by atoms with E-state index in [4.69, 9.17) is 5.73 Å². The summed E-state index contributed by atoms with van der Waals surface area (Å²) in [5.74, 6) is 1.50. The third-order valence-corrected chi connectivity index (χ3v) is 3.23. The van der Waals surface area contributed by atoms with Gasteiger partial charge < -0.3 is 11.1 Å². The highest BCUT2D eigenvalue weighted by Crippen LogP contribution is 2.27. The highest BCUT2D eigenvalue weighted by atomic mass is 16.1. The van der Waals surface area contributed by atoms with E-state index in [1.807, 2.05) is 0 Å². The summed E-state index contributed by atoms with van der Waals surface area (Å²) < 4.78 is 0. The van der Waals surface area contributed by atoms with Crippen LogP contribution in [0.1, 0.15) is 39.5 Å². The van der Waals surface area contributed by atoms with Gasteiger partial charge >= 0.3 is 0 Å². The summed E-state index contributed by atoms with van der Waals surface area (Å²) in [4.78, 5) is 11.0. The van der Waals surface area contributed by atoms with Gasteiger partial charge in [-0.25, -0.2) is 0 Å². The molecular formula is C12H24N2O. The second-order valence-corrected chi connectivity index (χ2v) is 5.17. The molecule has 1 saturated carbocycles. The van der Waals surface area contributed by atoms with Gasteiger partial charge in [0, 0.05) is 5.92 Å². The maximum absolute atomic E-state index is 11.0. The molecule has 1 fully saturated rings. The van der Waals surface area contributed by atoms with E-state index in [1.54, 1.807) is 0 Å². The van der Waals surface area contributed by atoms with E-state index in [0.29, 0.717) is 5.92 Å². The standard InChI is InChI=1S/C12H24N2O/c1-9(2)7-14-8-10-3-5-11(6-4-10)12(13)15/h9-11,14H,3-8H2,1-2H3,(H2,13,15). The zero-order chi connectivity index (χ0) is 11.3. The van der Waals surface area contributed by atoms with Crippen molar-refractivity contribution < 1.29 is 4.79 Å². The Labute approximate surface area is 92.8 Å². The van der Waals surface area contributed by atoms with Crippen molar-refractivity contribution in [3.8, 4) is 0 Å². The Hall–Kier alpha value is -0.570. The fourth-order valence-electron chi connectivity index (χ4n) is 2.23. The van der Waals surface area contributed by atoms with E-state index in [1.165, 1.54) is 0 Å². The quantitative estimate of drug-likeness (QED) is 0.726. The fraction of sp³-hybridized carbons (Fsp3) is 0.917. The Bertz CT molecular complexity index is 196. The summed E-state index contributed by atoms with van der Waals surface area (Å²) in [7, 11) is 0. The van der Waals surface area contributed by atoms with Crippen LogP contribution in [0.4, 0.5) is 0 Å². The Balaban J connectivity index is 2.12. The number of hydrogen-bond donors (Lipinski definition) is 2. The minimum Gasteiger partial charge on any atom is -0.369 e. The van der Waals surface area contributed by atoms with Gasteiger partial charge in [0.25, 0.3) is 0 Å². The lowest BCUT2D eigenvalue weighted by Crippen LogP contribution is -2.32. The molecule has 0 saturated heterocycles. The number of carbonyl (C=O) groups excluding carboxylic acids is 1. The van der Waals surface area contributed by atoms with Crippen molar-refractivity contribution in [2.45, 2.75) is 39.5 Å². The molecule has 0 heterocycles. The Morgan fingerprint density at radius 1 is 1.33 bits per heavy atom. The lowest BCUT2D eigenvalue weighted by atomic mass is 9.81. The van der Waals surface area contributed by atoms with Crippen LogP contribution in [0, 0.1) is 17.8 Å². The van der Waals surface area contributed by atoms with Crippen molar-refractivity contribution >= 4 is 5.91 Å². The van der Waals surface area contributed by atoms with Crippen LogP contribution in [0.25, 0.3) is 0 Å². The van der Waals surface area contributed by atoms with Crippen molar-refractivity contribution in [2.24, 2.45) is 23.5 Å². The Morgan fingerprint density at radius 3 is 2.40 bits per heavy atom. The smallest absolute Gasteiger partial charge is 0.220 e. The van der Waals surface area contributed by atoms with Gasteiger partial charge in [-0.15, -0.1) is 0 Å². The molecule has 0 aromatic rings. The first-order valence-electron chi connectivity index (χ1n) is 6.09. The van der Waals surface area contributed by atoms with Crippen molar-refractivity contribution in [3.63, 3.8) is 0 Å². The molecule has 1 amide bonds. The Morgan fingerprint density at radius 2 is 1.93 bits per heavy atom. The zero-order valence-electron chi connectivity index (χ0n) is 9.96. The van der Waals surface area contributed by atoms with Crippen LogP contribution in [-0.2, 0) is 4.79 Å². The predicted molar refractivity (Wildman–Crippen MR) is 62.4 cm³/mol. The average molecular weight is 212 g/mol. The second kappa shape index (κ2) is 6.11. The molecule has 0 aliphatic heterocycles. The summed E-state index contributed by atoms with van der Waals surface area (Å²) >= 11 is 0. The fourth-order valence-corrected chi connectivity index (χ4v) is 2.23. The molecule has 0 aromatic carbocycles. The SMILES string of the molecule is CC(C)CNCC1CCC(C(N)=O)CC1. The number of amides is 1. The normalized spacial score (nSPS) is 26.9. The number of nitrogens with two attached hydrogens (primary N) is 1. The van der Waals surface area contributed by atoms with Crippen molar-refractivity contribution in [1.29, 1.82) is 0 Å². The van der Waals surface area contributed by atoms with Gasteiger partial charge in [-0.05, 0) is 50.6 Å². The highest BCUT2D eigenvalue weighted by Gasteiger charge is 2.24. The van der Waals surface area contributed by atoms with E-state index in [0.717, 1.165) is 44.7 Å². The summed E-state index contributed by atoms with van der Waals surface area (Å²) in [6, 6.07) is 0. The number of carbonyl (C=O) groups is 1. The third-order valence-electron chi connectivity index (χ3n) is 3.23. The number of nitrogens with one attached hydrogen (secondary N) is 1. The van der Waals surface area contributed by atoms with Crippen LogP contribution >= 0.6 is 0 Å². The van der Waals surface area contributed by atoms with Gasteiger partial charge in [0.1, 0.15) is 0 Å². The van der Waals surface area contributed by atoms with E-state index in [-0.39, 0.29) is 11.8 Å². The summed E-state index contributed by atoms with van der Waals surface area (Å²) in [6.45, 7) is 6.63. The molecule has 0 spiro atoms. The van der Waals surface area contributed by atoms with Gasteiger partial charge in [-0.2, -0.15) is 0 Å². The molecule has 3 nitrogen and oxygen atoms in total. The highest BCUT2D eigenvalue weighted by molar-refractivity contribution is 5.76. The monoisotopic (exact) mass is 212 g/mol. The molecule has 0 radical (unpaired) electrons. The van der Waals surface area contributed by atoms with E-state index >= 15 is 0 Å². The van der Waals surface area contributed by atoms with Gasteiger partial charge in [0.05, 0.1) is 0 Å². The first-order valence-corrected chi connectivity index (χ1v) is 6.09. The van der Waals surface area contributed by atoms with E-state index in [2.05, 4.69) is 19.2 Å². The van der Waals surface area contributed by atoms with Crippen LogP contribution in [0.5, 0.6) is 0 Å². The molecule has 0 unspecified atom stereocenters. The second-order valence-electron chi connectivity index (χ2n) is 5.17. The zero-order valence-corrected chi connectivity index (χ0v) is 9.96. The molecule has 0 bridgehead atoms. The molecular weight excluding hydrogens is 188 g/mol. The first kappa shape index (κ1) is 12.5. The lowest BCUT2D eigenvalue weighted by Gasteiger charge is -2.27. The predicted octanol–water partition coefficient (Wildman–Crippen LogP) is 1.52. The number of rotatable bonds is 5. The molecule has 0 atom stereocenters. The van der Waals surface area contributed by atoms with E-state index in [9.17, 15) is 4.79 Å². The molecule has 1 rings (SSSR count). The van der Waals surface area contributed by atoms with Crippen LogP contribution < -0.4 is 11.1 Å². The molecule has 0 aromatic heterocycles. The lowest BCUT2D eigenvalue weighted by molar-refractivity contribution is -0.122. The minimum absolute atomic E-state index is 0.108. The van der Waals surface area contributed by atoms with Gasteiger partial charge in [-0.1, -0.05) is 13.8 Å². The number of primary amides is 1. The Kier molecular flexibility index (Phi) is 5.09. The molecule has 1 aliphatic rings. The first-order chi connectivity index (χ1) is 7.09. The van der Waals surface area contributed by atoms with Gasteiger partial charge in [-0.3, -0.25) is 4.79 Å². The van der Waals surface area contributed by atoms with E-state index < -0.39 is 0 Å². The summed E-state index contributed by atoms with van der Waals surface area (Å²) in [6.07, 6.45) is 4.28. The maximum atomic E-state index is 11.0. The molecule has 88 valence electrons.